The van der Waals surface area contributed by atoms with Gasteiger partial charge in [-0.25, -0.2) is 4.79 Å². The van der Waals surface area contributed by atoms with Crippen LogP contribution in [0.2, 0.25) is 0 Å². The molecule has 1 N–H and O–H groups in total. The normalized spacial score (nSPS) is 17.6. The number of hydrogen-bond acceptors (Lipinski definition) is 8. The predicted molar refractivity (Wildman–Crippen MR) is 131 cm³/mol. The molecule has 0 aliphatic carbocycles. The third-order valence-corrected chi connectivity index (χ3v) is 6.47. The molecule has 0 radical (unpaired) electrons. The molecule has 0 aromatic heterocycles. The first kappa shape index (κ1) is 23.8. The van der Waals surface area contributed by atoms with Crippen molar-refractivity contribution in [1.29, 1.82) is 0 Å². The molecule has 0 saturated heterocycles. The monoisotopic (exact) mass is 555 g/mol. The Hall–Kier alpha value is -3.92. The molecule has 2 atom stereocenters. The van der Waals surface area contributed by atoms with E-state index < -0.39 is 24.1 Å². The van der Waals surface area contributed by atoms with Crippen molar-refractivity contribution < 1.29 is 38.0 Å². The zero-order valence-corrected chi connectivity index (χ0v) is 21.0. The largest absolute Gasteiger partial charge is 0.497 e. The molecule has 3 aromatic rings. The van der Waals surface area contributed by atoms with Gasteiger partial charge >= 0.3 is 6.09 Å². The number of halogens is 1. The van der Waals surface area contributed by atoms with Gasteiger partial charge in [0.15, 0.2) is 17.6 Å². The standard InChI is InChI=1S/C26H22BrNO8/c1-31-16-5-8-19-17(11-16)23(29)25(24(35-19)15-4-7-20(32-2)18(27)10-15)36-26(30)28-12-14-3-6-21-22(9-14)34-13-33-21/h3-11,24-25H,12-13H2,1-2H3,(H,28,30)/t24-,25+/m1/s1. The number of rotatable bonds is 6. The van der Waals surface area contributed by atoms with Crippen LogP contribution in [0.25, 0.3) is 0 Å². The Labute approximate surface area is 215 Å². The van der Waals surface area contributed by atoms with E-state index in [1.165, 1.54) is 7.11 Å². The first-order chi connectivity index (χ1) is 17.5. The van der Waals surface area contributed by atoms with E-state index in [4.69, 9.17) is 28.4 Å². The van der Waals surface area contributed by atoms with Crippen LogP contribution in [0.5, 0.6) is 28.7 Å². The van der Waals surface area contributed by atoms with Crippen LogP contribution >= 0.6 is 15.9 Å². The molecule has 36 heavy (non-hydrogen) atoms. The minimum absolute atomic E-state index is 0.160. The quantitative estimate of drug-likeness (QED) is 0.462. The van der Waals surface area contributed by atoms with Crippen molar-refractivity contribution in [2.45, 2.75) is 18.8 Å². The van der Waals surface area contributed by atoms with E-state index in [0.29, 0.717) is 38.8 Å². The second-order valence-electron chi connectivity index (χ2n) is 8.03. The molecule has 0 bridgehead atoms. The summed E-state index contributed by atoms with van der Waals surface area (Å²) in [5, 5.41) is 2.69. The van der Waals surface area contributed by atoms with Gasteiger partial charge in [-0.1, -0.05) is 12.1 Å². The summed E-state index contributed by atoms with van der Waals surface area (Å²) in [6, 6.07) is 15.6. The molecule has 10 heteroatoms. The molecular formula is C26H22BrNO8. The number of hydrogen-bond donors (Lipinski definition) is 1. The second kappa shape index (κ2) is 9.98. The first-order valence-corrected chi connectivity index (χ1v) is 11.8. The van der Waals surface area contributed by atoms with E-state index in [0.717, 1.165) is 5.56 Å². The highest BCUT2D eigenvalue weighted by atomic mass is 79.9. The average molecular weight is 556 g/mol. The average Bonchev–Trinajstić information content (AvgIpc) is 3.36. The van der Waals surface area contributed by atoms with Crippen LogP contribution in [-0.2, 0) is 11.3 Å². The van der Waals surface area contributed by atoms with Gasteiger partial charge in [-0.15, -0.1) is 0 Å². The fourth-order valence-electron chi connectivity index (χ4n) is 4.02. The molecule has 2 heterocycles. The number of ketones is 1. The Morgan fingerprint density at radius 3 is 2.58 bits per heavy atom. The number of nitrogens with one attached hydrogen (secondary N) is 1. The maximum absolute atomic E-state index is 13.5. The van der Waals surface area contributed by atoms with E-state index >= 15 is 0 Å². The molecule has 5 rings (SSSR count). The summed E-state index contributed by atoms with van der Waals surface area (Å²) < 4.78 is 33.7. The number of amides is 1. The van der Waals surface area contributed by atoms with Gasteiger partial charge in [0, 0.05) is 6.54 Å². The number of alkyl carbamates (subject to hydrolysis) is 1. The fraction of sp³-hybridized carbons (Fsp3) is 0.231. The minimum Gasteiger partial charge on any atom is -0.497 e. The zero-order chi connectivity index (χ0) is 25.2. The maximum atomic E-state index is 13.5. The number of ether oxygens (including phenoxy) is 6. The summed E-state index contributed by atoms with van der Waals surface area (Å²) >= 11 is 3.46. The lowest BCUT2D eigenvalue weighted by Crippen LogP contribution is -2.42. The summed E-state index contributed by atoms with van der Waals surface area (Å²) in [5.74, 6) is 2.33. The van der Waals surface area contributed by atoms with E-state index in [2.05, 4.69) is 21.2 Å². The van der Waals surface area contributed by atoms with E-state index in [-0.39, 0.29) is 18.9 Å². The van der Waals surface area contributed by atoms with Crippen molar-refractivity contribution in [3.8, 4) is 28.7 Å². The highest BCUT2D eigenvalue weighted by Gasteiger charge is 2.41. The Morgan fingerprint density at radius 1 is 1.00 bits per heavy atom. The topological polar surface area (TPSA) is 102 Å². The number of carbonyl (C=O) groups excluding carboxylic acids is 2. The highest BCUT2D eigenvalue weighted by Crippen LogP contribution is 2.40. The fourth-order valence-corrected chi connectivity index (χ4v) is 4.58. The lowest BCUT2D eigenvalue weighted by atomic mass is 9.93. The second-order valence-corrected chi connectivity index (χ2v) is 8.88. The van der Waals surface area contributed by atoms with Gasteiger partial charge in [0.25, 0.3) is 0 Å². The molecule has 0 spiro atoms. The van der Waals surface area contributed by atoms with Gasteiger partial charge in [-0.3, -0.25) is 4.79 Å². The Kier molecular flexibility index (Phi) is 6.60. The van der Waals surface area contributed by atoms with Gasteiger partial charge in [0.1, 0.15) is 17.2 Å². The minimum atomic E-state index is -1.23. The first-order valence-electron chi connectivity index (χ1n) is 11.0. The van der Waals surface area contributed by atoms with Gasteiger partial charge < -0.3 is 33.7 Å². The molecule has 2 aliphatic heterocycles. The summed E-state index contributed by atoms with van der Waals surface area (Å²) in [7, 11) is 3.06. The Bertz CT molecular complexity index is 1330. The van der Waals surface area contributed by atoms with Crippen molar-refractivity contribution in [2.24, 2.45) is 0 Å². The van der Waals surface area contributed by atoms with Crippen LogP contribution in [0.15, 0.2) is 59.1 Å². The summed E-state index contributed by atoms with van der Waals surface area (Å²) in [4.78, 5) is 26.3. The Morgan fingerprint density at radius 2 is 1.81 bits per heavy atom. The van der Waals surface area contributed by atoms with Crippen LogP contribution in [0.4, 0.5) is 4.79 Å². The third kappa shape index (κ3) is 4.64. The third-order valence-electron chi connectivity index (χ3n) is 5.85. The van der Waals surface area contributed by atoms with Crippen LogP contribution in [-0.4, -0.2) is 39.0 Å². The van der Waals surface area contributed by atoms with Crippen LogP contribution in [0, 0.1) is 0 Å². The summed E-state index contributed by atoms with van der Waals surface area (Å²) in [5.41, 5.74) is 1.69. The molecule has 1 amide bonds. The predicted octanol–water partition coefficient (Wildman–Crippen LogP) is 4.81. The van der Waals surface area contributed by atoms with Crippen LogP contribution < -0.4 is 29.0 Å². The molecule has 0 fully saturated rings. The molecule has 3 aromatic carbocycles. The lowest BCUT2D eigenvalue weighted by Gasteiger charge is -2.32. The SMILES string of the molecule is COc1ccc2c(c1)C(=O)[C@H](OC(=O)NCc1ccc3c(c1)OCO3)[C@@H](c1ccc(OC)c(Br)c1)O2. The molecule has 186 valence electrons. The molecular weight excluding hydrogens is 534 g/mol. The van der Waals surface area contributed by atoms with Crippen molar-refractivity contribution >= 4 is 27.8 Å². The maximum Gasteiger partial charge on any atom is 0.408 e. The number of methoxy groups -OCH3 is 2. The van der Waals surface area contributed by atoms with Crippen LogP contribution in [0.3, 0.4) is 0 Å². The number of fused-ring (bicyclic) bond motifs is 2. The molecule has 0 saturated carbocycles. The van der Waals surface area contributed by atoms with Crippen molar-refractivity contribution in [3.05, 3.63) is 75.8 Å². The summed E-state index contributed by atoms with van der Waals surface area (Å²) in [6.45, 7) is 0.327. The zero-order valence-electron chi connectivity index (χ0n) is 19.4. The van der Waals surface area contributed by atoms with Gasteiger partial charge in [-0.05, 0) is 69.5 Å². The van der Waals surface area contributed by atoms with Crippen molar-refractivity contribution in [3.63, 3.8) is 0 Å². The number of Topliss-reactive ketones (excluding diaryl/α,β-unsaturated/α-hetero) is 1. The molecule has 9 nitrogen and oxygen atoms in total. The number of carbonyl (C=O) groups is 2. The van der Waals surface area contributed by atoms with Gasteiger partial charge in [0.2, 0.25) is 18.7 Å². The highest BCUT2D eigenvalue weighted by molar-refractivity contribution is 9.10. The van der Waals surface area contributed by atoms with E-state index in [9.17, 15) is 9.59 Å². The van der Waals surface area contributed by atoms with Gasteiger partial charge in [-0.2, -0.15) is 0 Å². The van der Waals surface area contributed by atoms with E-state index in [1.54, 1.807) is 55.6 Å². The summed E-state index contributed by atoms with van der Waals surface area (Å²) in [6.07, 6.45) is -2.88. The van der Waals surface area contributed by atoms with Crippen LogP contribution in [0.1, 0.15) is 27.6 Å². The molecule has 0 unspecified atom stereocenters. The van der Waals surface area contributed by atoms with E-state index in [1.807, 2.05) is 6.07 Å². The lowest BCUT2D eigenvalue weighted by molar-refractivity contribution is 0.00889. The number of benzene rings is 3. The molecule has 2 aliphatic rings. The van der Waals surface area contributed by atoms with Crippen molar-refractivity contribution in [2.75, 3.05) is 21.0 Å². The van der Waals surface area contributed by atoms with Crippen molar-refractivity contribution in [1.82, 2.24) is 5.32 Å². The Balaban J connectivity index is 1.39. The van der Waals surface area contributed by atoms with Gasteiger partial charge in [0.05, 0.1) is 24.3 Å². The smallest absolute Gasteiger partial charge is 0.408 e.